The first-order chi connectivity index (χ1) is 12.0. The van der Waals surface area contributed by atoms with Crippen LogP contribution in [0.5, 0.6) is 11.5 Å². The highest BCUT2D eigenvalue weighted by Crippen LogP contribution is 2.22. The first kappa shape index (κ1) is 19.1. The Kier molecular flexibility index (Phi) is 7.16. The van der Waals surface area contributed by atoms with E-state index in [0.29, 0.717) is 18.6 Å². The Hall–Kier alpha value is -2.18. The number of aryl methyl sites for hydroxylation is 2. The third kappa shape index (κ3) is 6.32. The van der Waals surface area contributed by atoms with E-state index in [4.69, 9.17) is 4.74 Å². The number of nitrogens with zero attached hydrogens (tertiary/aromatic N) is 1. The molecule has 1 unspecified atom stereocenters. The first-order valence-corrected chi connectivity index (χ1v) is 8.04. The molecule has 0 aromatic heterocycles. The van der Waals surface area contributed by atoms with Gasteiger partial charge in [-0.05, 0) is 56.3 Å². The van der Waals surface area contributed by atoms with Crippen molar-refractivity contribution in [3.63, 3.8) is 0 Å². The molecule has 0 aliphatic heterocycles. The molecule has 6 heteroatoms. The lowest BCUT2D eigenvalue weighted by Crippen LogP contribution is -2.33. The zero-order chi connectivity index (χ0) is 18.2. The summed E-state index contributed by atoms with van der Waals surface area (Å²) in [5.41, 5.74) is 1.90. The largest absolute Gasteiger partial charge is 0.489 e. The summed E-state index contributed by atoms with van der Waals surface area (Å²) < 4.78 is 34.7. The summed E-state index contributed by atoms with van der Waals surface area (Å²) in [6, 6.07) is 14.3. The molecule has 0 aliphatic carbocycles. The van der Waals surface area contributed by atoms with Crippen LogP contribution in [0.1, 0.15) is 11.1 Å². The molecule has 1 atom stereocenters. The second kappa shape index (κ2) is 9.34. The summed E-state index contributed by atoms with van der Waals surface area (Å²) >= 11 is 0. The van der Waals surface area contributed by atoms with Gasteiger partial charge in [0, 0.05) is 0 Å². The van der Waals surface area contributed by atoms with E-state index >= 15 is 0 Å². The number of aliphatic hydroxyl groups is 1. The Labute approximate surface area is 146 Å². The summed E-state index contributed by atoms with van der Waals surface area (Å²) in [5.74, 6) is 0.870. The zero-order valence-electron chi connectivity index (χ0n) is 14.4. The predicted molar refractivity (Wildman–Crippen MR) is 92.1 cm³/mol. The van der Waals surface area contributed by atoms with E-state index < -0.39 is 12.8 Å². The molecule has 25 heavy (non-hydrogen) atoms. The van der Waals surface area contributed by atoms with Gasteiger partial charge in [0.25, 0.3) is 0 Å². The molecule has 0 aliphatic rings. The summed E-state index contributed by atoms with van der Waals surface area (Å²) in [6.07, 6.45) is 0.667. The van der Waals surface area contributed by atoms with Crippen LogP contribution in [0.2, 0.25) is 0 Å². The Morgan fingerprint density at radius 1 is 1.04 bits per heavy atom. The monoisotopic (exact) mass is 351 g/mol. The van der Waals surface area contributed by atoms with Crippen LogP contribution in [-0.4, -0.2) is 43.5 Å². The van der Waals surface area contributed by atoms with Gasteiger partial charge in [0.15, 0.2) is 0 Å². The highest BCUT2D eigenvalue weighted by Gasteiger charge is 2.10. The van der Waals surface area contributed by atoms with Crippen molar-refractivity contribution in [3.8, 4) is 11.5 Å². The van der Waals surface area contributed by atoms with E-state index in [0.717, 1.165) is 11.1 Å². The van der Waals surface area contributed by atoms with Crippen molar-refractivity contribution in [1.82, 2.24) is 4.90 Å². The fourth-order valence-corrected chi connectivity index (χ4v) is 2.32. The van der Waals surface area contributed by atoms with Crippen molar-refractivity contribution in [2.45, 2.75) is 25.7 Å². The molecule has 0 bridgehead atoms. The van der Waals surface area contributed by atoms with Crippen LogP contribution in [0, 0.1) is 0 Å². The van der Waals surface area contributed by atoms with Gasteiger partial charge in [0.1, 0.15) is 24.3 Å². The zero-order valence-corrected chi connectivity index (χ0v) is 14.4. The number of aliphatic hydroxyl groups excluding tert-OH is 1. The molecule has 0 spiro atoms. The van der Waals surface area contributed by atoms with E-state index in [2.05, 4.69) is 4.74 Å². The van der Waals surface area contributed by atoms with Crippen LogP contribution in [0.25, 0.3) is 0 Å². The lowest BCUT2D eigenvalue weighted by molar-refractivity contribution is -0.0498. The molecule has 1 N–H and O–H groups in total. The van der Waals surface area contributed by atoms with Crippen LogP contribution in [0.4, 0.5) is 8.78 Å². The van der Waals surface area contributed by atoms with Gasteiger partial charge in [0.2, 0.25) is 0 Å². The van der Waals surface area contributed by atoms with Crippen LogP contribution in [0.15, 0.2) is 48.5 Å². The van der Waals surface area contributed by atoms with Crippen molar-refractivity contribution in [1.29, 1.82) is 0 Å². The quantitative estimate of drug-likeness (QED) is 0.704. The number of para-hydroxylation sites is 1. The van der Waals surface area contributed by atoms with Crippen molar-refractivity contribution in [2.75, 3.05) is 20.7 Å². The maximum absolute atomic E-state index is 12.3. The molecule has 2 rings (SSSR count). The number of ether oxygens (including phenoxy) is 2. The average molecular weight is 351 g/mol. The van der Waals surface area contributed by atoms with Crippen LogP contribution < -0.4 is 9.47 Å². The Morgan fingerprint density at radius 2 is 1.80 bits per heavy atom. The molecule has 0 heterocycles. The number of hydrogen-bond donors (Lipinski definition) is 1. The van der Waals surface area contributed by atoms with Gasteiger partial charge in [-0.2, -0.15) is 8.78 Å². The van der Waals surface area contributed by atoms with Crippen LogP contribution in [-0.2, 0) is 12.8 Å². The van der Waals surface area contributed by atoms with Gasteiger partial charge in [-0.15, -0.1) is 0 Å². The van der Waals surface area contributed by atoms with Crippen molar-refractivity contribution >= 4 is 0 Å². The van der Waals surface area contributed by atoms with Crippen LogP contribution in [0.3, 0.4) is 0 Å². The van der Waals surface area contributed by atoms with Gasteiger partial charge in [-0.3, -0.25) is 4.90 Å². The highest BCUT2D eigenvalue weighted by atomic mass is 19.3. The van der Waals surface area contributed by atoms with Gasteiger partial charge < -0.3 is 14.6 Å². The summed E-state index contributed by atoms with van der Waals surface area (Å²) in [6.45, 7) is -2.66. The minimum Gasteiger partial charge on any atom is -0.489 e. The maximum Gasteiger partial charge on any atom is 0.387 e. The third-order valence-corrected chi connectivity index (χ3v) is 3.76. The fourth-order valence-electron chi connectivity index (χ4n) is 2.32. The molecule has 0 fully saturated rings. The van der Waals surface area contributed by atoms with E-state index in [-0.39, 0.29) is 12.4 Å². The van der Waals surface area contributed by atoms with E-state index in [9.17, 15) is 13.9 Å². The first-order valence-electron chi connectivity index (χ1n) is 8.04. The molecule has 2 aromatic rings. The Balaban J connectivity index is 1.99. The lowest BCUT2D eigenvalue weighted by Gasteiger charge is -2.20. The number of halogens is 2. The molecule has 2 aromatic carbocycles. The van der Waals surface area contributed by atoms with Crippen molar-refractivity contribution in [2.24, 2.45) is 0 Å². The van der Waals surface area contributed by atoms with Crippen LogP contribution >= 0.6 is 0 Å². The number of likely N-dealkylation sites (N-methyl/N-ethyl adjacent to an activating group) is 1. The standard InChI is InChI=1S/C19H23F2NO3/c1-22(2)18(23)13-24-17-9-4-3-7-15(17)11-10-14-6-5-8-16(12-14)25-19(20)21/h3-9,12,18-19,23H,10-11,13H2,1-2H3. The molecule has 136 valence electrons. The molecule has 0 saturated carbocycles. The normalized spacial score (nSPS) is 12.4. The second-order valence-electron chi connectivity index (χ2n) is 5.89. The second-order valence-corrected chi connectivity index (χ2v) is 5.89. The predicted octanol–water partition coefficient (Wildman–Crippen LogP) is 3.33. The minimum atomic E-state index is -2.83. The Morgan fingerprint density at radius 3 is 2.52 bits per heavy atom. The molecular formula is C19H23F2NO3. The SMILES string of the molecule is CN(C)C(O)COc1ccccc1CCc1cccc(OC(F)F)c1. The van der Waals surface area contributed by atoms with Gasteiger partial charge in [0.05, 0.1) is 0 Å². The lowest BCUT2D eigenvalue weighted by atomic mass is 10.0. The van der Waals surface area contributed by atoms with E-state index in [1.165, 1.54) is 6.07 Å². The minimum absolute atomic E-state index is 0.158. The molecule has 4 nitrogen and oxygen atoms in total. The van der Waals surface area contributed by atoms with E-state index in [1.54, 1.807) is 31.1 Å². The molecular weight excluding hydrogens is 328 g/mol. The summed E-state index contributed by atoms with van der Waals surface area (Å²) in [5, 5.41) is 9.81. The highest BCUT2D eigenvalue weighted by molar-refractivity contribution is 5.35. The maximum atomic E-state index is 12.3. The van der Waals surface area contributed by atoms with Gasteiger partial charge >= 0.3 is 6.61 Å². The summed E-state index contributed by atoms with van der Waals surface area (Å²) in [4.78, 5) is 1.66. The molecule has 0 saturated heterocycles. The van der Waals surface area contributed by atoms with Gasteiger partial charge in [-0.25, -0.2) is 0 Å². The average Bonchev–Trinajstić information content (AvgIpc) is 2.58. The smallest absolute Gasteiger partial charge is 0.387 e. The Bertz CT molecular complexity index is 665. The van der Waals surface area contributed by atoms with E-state index in [1.807, 2.05) is 30.3 Å². The number of hydrogen-bond acceptors (Lipinski definition) is 4. The van der Waals surface area contributed by atoms with Gasteiger partial charge in [-0.1, -0.05) is 30.3 Å². The number of benzene rings is 2. The topological polar surface area (TPSA) is 41.9 Å². The third-order valence-electron chi connectivity index (χ3n) is 3.76. The number of rotatable bonds is 9. The molecule has 0 amide bonds. The number of alkyl halides is 2. The van der Waals surface area contributed by atoms with Crippen molar-refractivity contribution in [3.05, 3.63) is 59.7 Å². The summed E-state index contributed by atoms with van der Waals surface area (Å²) in [7, 11) is 3.54. The van der Waals surface area contributed by atoms with Crippen molar-refractivity contribution < 1.29 is 23.4 Å². The molecule has 0 radical (unpaired) electrons. The fraction of sp³-hybridized carbons (Fsp3) is 0.368.